The van der Waals surface area contributed by atoms with Crippen LogP contribution in [0.1, 0.15) is 36.2 Å². The molecule has 0 radical (unpaired) electrons. The molecule has 3 rings (SSSR count). The molecular formula is C19H20ClFN4O4S. The lowest BCUT2D eigenvalue weighted by Gasteiger charge is -2.12. The first-order valence-corrected chi connectivity index (χ1v) is 11.3. The van der Waals surface area contributed by atoms with Gasteiger partial charge in [0, 0.05) is 12.6 Å². The molecule has 0 saturated carbocycles. The lowest BCUT2D eigenvalue weighted by atomic mass is 10.0. The summed E-state index contributed by atoms with van der Waals surface area (Å²) >= 11 is 6.05. The largest absolute Gasteiger partial charge is 0.476 e. The molecule has 160 valence electrons. The summed E-state index contributed by atoms with van der Waals surface area (Å²) < 4.78 is 46.5. The average molecular weight is 455 g/mol. The first-order valence-electron chi connectivity index (χ1n) is 9.23. The minimum absolute atomic E-state index is 0.108. The maximum Gasteiger partial charge on any atom is 0.242 e. The number of hydrogen-bond donors (Lipinski definition) is 2. The predicted molar refractivity (Wildman–Crippen MR) is 112 cm³/mol. The van der Waals surface area contributed by atoms with E-state index in [0.29, 0.717) is 35.5 Å². The van der Waals surface area contributed by atoms with Crippen molar-refractivity contribution in [2.75, 3.05) is 17.1 Å². The Morgan fingerprint density at radius 1 is 1.33 bits per heavy atom. The van der Waals surface area contributed by atoms with Crippen LogP contribution in [0.25, 0.3) is 11.0 Å². The number of halogens is 2. The highest BCUT2D eigenvalue weighted by molar-refractivity contribution is 7.92. The second-order valence-electron chi connectivity index (χ2n) is 6.51. The summed E-state index contributed by atoms with van der Waals surface area (Å²) in [6.07, 6.45) is 1.64. The van der Waals surface area contributed by atoms with E-state index in [1.807, 2.05) is 6.92 Å². The molecule has 0 unspecified atom stereocenters. The number of carbonyl (C=O) groups is 1. The number of carbonyl (C=O) groups excluding carboxylic acids is 1. The molecule has 0 aliphatic heterocycles. The molecule has 2 N–H and O–H groups in total. The van der Waals surface area contributed by atoms with Gasteiger partial charge in [0.15, 0.2) is 17.2 Å². The molecule has 30 heavy (non-hydrogen) atoms. The van der Waals surface area contributed by atoms with Crippen molar-refractivity contribution in [2.45, 2.75) is 26.7 Å². The van der Waals surface area contributed by atoms with Crippen LogP contribution in [-0.2, 0) is 16.4 Å². The number of rotatable bonds is 9. The molecule has 0 atom stereocenters. The Bertz CT molecular complexity index is 1200. The Balaban J connectivity index is 1.90. The summed E-state index contributed by atoms with van der Waals surface area (Å²) in [5.41, 5.74) is 0.289. The van der Waals surface area contributed by atoms with Gasteiger partial charge in [-0.15, -0.1) is 5.10 Å². The molecule has 0 saturated heterocycles. The van der Waals surface area contributed by atoms with E-state index in [0.717, 1.165) is 0 Å². The predicted octanol–water partition coefficient (Wildman–Crippen LogP) is 3.73. The monoisotopic (exact) mass is 454 g/mol. The van der Waals surface area contributed by atoms with E-state index >= 15 is 0 Å². The lowest BCUT2D eigenvalue weighted by molar-refractivity contribution is 0.0989. The van der Waals surface area contributed by atoms with Crippen molar-refractivity contribution >= 4 is 44.1 Å². The van der Waals surface area contributed by atoms with Crippen LogP contribution >= 0.6 is 11.6 Å². The minimum atomic E-state index is -3.73. The fraction of sp³-hybridized carbons (Fsp3) is 0.316. The third kappa shape index (κ3) is 4.71. The molecule has 1 aromatic carbocycles. The molecule has 2 heterocycles. The number of nitrogens with one attached hydrogen (secondary N) is 2. The van der Waals surface area contributed by atoms with Gasteiger partial charge in [0.2, 0.25) is 15.9 Å². The number of pyridine rings is 1. The SMILES string of the molecule is CCCS(=O)(=O)Nc1ccc(Cl)c(C(=O)Cc2cnc3[nH]nc(OCC)c3c2)c1F. The van der Waals surface area contributed by atoms with E-state index < -0.39 is 21.6 Å². The van der Waals surface area contributed by atoms with Gasteiger partial charge in [0.05, 0.1) is 34.0 Å². The van der Waals surface area contributed by atoms with Crippen molar-refractivity contribution in [1.82, 2.24) is 15.2 Å². The van der Waals surface area contributed by atoms with E-state index in [4.69, 9.17) is 16.3 Å². The maximum atomic E-state index is 14.9. The number of aromatic nitrogens is 3. The molecule has 8 nitrogen and oxygen atoms in total. The van der Waals surface area contributed by atoms with Crippen LogP contribution in [0.15, 0.2) is 24.4 Å². The molecular weight excluding hydrogens is 435 g/mol. The average Bonchev–Trinajstić information content (AvgIpc) is 3.07. The second-order valence-corrected chi connectivity index (χ2v) is 8.76. The number of fused-ring (bicyclic) bond motifs is 1. The van der Waals surface area contributed by atoms with Crippen LogP contribution in [0, 0.1) is 5.82 Å². The van der Waals surface area contributed by atoms with Crippen molar-refractivity contribution in [2.24, 2.45) is 0 Å². The van der Waals surface area contributed by atoms with E-state index in [1.54, 1.807) is 13.0 Å². The molecule has 0 aliphatic rings. The highest BCUT2D eigenvalue weighted by Crippen LogP contribution is 2.29. The fourth-order valence-corrected chi connectivity index (χ4v) is 4.30. The second kappa shape index (κ2) is 8.97. The smallest absolute Gasteiger partial charge is 0.242 e. The van der Waals surface area contributed by atoms with Crippen molar-refractivity contribution in [3.8, 4) is 5.88 Å². The van der Waals surface area contributed by atoms with Gasteiger partial charge in [0.25, 0.3) is 0 Å². The number of hydrogen-bond acceptors (Lipinski definition) is 6. The number of H-pyrrole nitrogens is 1. The Morgan fingerprint density at radius 2 is 2.10 bits per heavy atom. The summed E-state index contributed by atoms with van der Waals surface area (Å²) in [5, 5.41) is 7.22. The standard InChI is InChI=1S/C19H20ClFN4O4S/c1-3-7-30(27,28)25-14-6-5-13(20)16(17(14)21)15(26)9-11-8-12-18(22-10-11)23-24-19(12)29-4-2/h5-6,8,10,25H,3-4,7,9H2,1-2H3,(H,22,23,24). The van der Waals surface area contributed by atoms with Crippen molar-refractivity contribution in [3.63, 3.8) is 0 Å². The molecule has 0 bridgehead atoms. The van der Waals surface area contributed by atoms with Gasteiger partial charge in [-0.1, -0.05) is 18.5 Å². The van der Waals surface area contributed by atoms with E-state index in [1.165, 1.54) is 18.3 Å². The Labute approximate surface area is 177 Å². The number of ketones is 1. The third-order valence-corrected chi connectivity index (χ3v) is 5.98. The zero-order valence-corrected chi connectivity index (χ0v) is 17.9. The molecule has 0 spiro atoms. The number of sulfonamides is 1. The lowest BCUT2D eigenvalue weighted by Crippen LogP contribution is -2.18. The Kier molecular flexibility index (Phi) is 6.57. The van der Waals surface area contributed by atoms with Gasteiger partial charge < -0.3 is 4.74 Å². The van der Waals surface area contributed by atoms with Gasteiger partial charge in [-0.25, -0.2) is 17.8 Å². The first kappa shape index (κ1) is 22.0. The van der Waals surface area contributed by atoms with E-state index in [2.05, 4.69) is 19.9 Å². The van der Waals surface area contributed by atoms with Gasteiger partial charge in [-0.2, -0.15) is 0 Å². The number of Topliss-reactive ketones (excluding diaryl/α,β-unsaturated/α-hetero) is 1. The molecule has 11 heteroatoms. The van der Waals surface area contributed by atoms with Crippen LogP contribution in [-0.4, -0.2) is 41.7 Å². The van der Waals surface area contributed by atoms with Crippen molar-refractivity contribution in [3.05, 3.63) is 46.4 Å². The molecule has 3 aromatic rings. The zero-order valence-electron chi connectivity index (χ0n) is 16.3. The topological polar surface area (TPSA) is 114 Å². The summed E-state index contributed by atoms with van der Waals surface area (Å²) in [6, 6.07) is 4.15. The van der Waals surface area contributed by atoms with Crippen LogP contribution in [0.5, 0.6) is 5.88 Å². The number of benzene rings is 1. The van der Waals surface area contributed by atoms with E-state index in [-0.39, 0.29) is 28.4 Å². The number of nitrogens with zero attached hydrogens (tertiary/aromatic N) is 2. The summed E-state index contributed by atoms with van der Waals surface area (Å²) in [5.74, 6) is -1.45. The zero-order chi connectivity index (χ0) is 21.9. The van der Waals surface area contributed by atoms with Gasteiger partial charge in [0.1, 0.15) is 0 Å². The van der Waals surface area contributed by atoms with Gasteiger partial charge in [-0.3, -0.25) is 14.6 Å². The fourth-order valence-electron chi connectivity index (χ4n) is 2.92. The van der Waals surface area contributed by atoms with Crippen LogP contribution in [0.4, 0.5) is 10.1 Å². The number of aromatic amines is 1. The first-order chi connectivity index (χ1) is 14.3. The maximum absolute atomic E-state index is 14.9. The van der Waals surface area contributed by atoms with Crippen molar-refractivity contribution in [1.29, 1.82) is 0 Å². The normalized spacial score (nSPS) is 11.6. The van der Waals surface area contributed by atoms with Gasteiger partial charge in [-0.05, 0) is 37.1 Å². The van der Waals surface area contributed by atoms with Crippen LogP contribution in [0.3, 0.4) is 0 Å². The molecule has 2 aromatic heterocycles. The van der Waals surface area contributed by atoms with Gasteiger partial charge >= 0.3 is 0 Å². The highest BCUT2D eigenvalue weighted by atomic mass is 35.5. The quantitative estimate of drug-likeness (QED) is 0.476. The van der Waals surface area contributed by atoms with Crippen LogP contribution < -0.4 is 9.46 Å². The number of anilines is 1. The Hall–Kier alpha value is -2.72. The molecule has 0 fully saturated rings. The summed E-state index contributed by atoms with van der Waals surface area (Å²) in [7, 11) is -3.73. The van der Waals surface area contributed by atoms with Crippen molar-refractivity contribution < 1.29 is 22.3 Å². The highest BCUT2D eigenvalue weighted by Gasteiger charge is 2.22. The summed E-state index contributed by atoms with van der Waals surface area (Å²) in [4.78, 5) is 17.0. The Morgan fingerprint density at radius 3 is 2.80 bits per heavy atom. The molecule has 0 amide bonds. The van der Waals surface area contributed by atoms with Crippen LogP contribution in [0.2, 0.25) is 5.02 Å². The summed E-state index contributed by atoms with van der Waals surface area (Å²) in [6.45, 7) is 3.91. The molecule has 0 aliphatic carbocycles. The minimum Gasteiger partial charge on any atom is -0.476 e. The number of ether oxygens (including phenoxy) is 1. The van der Waals surface area contributed by atoms with E-state index in [9.17, 15) is 17.6 Å². The third-order valence-electron chi connectivity index (χ3n) is 4.19.